The molecule has 2 aliphatic rings. The van der Waals surface area contributed by atoms with Gasteiger partial charge in [-0.15, -0.1) is 0 Å². The summed E-state index contributed by atoms with van der Waals surface area (Å²) in [4.78, 5) is 0. The van der Waals surface area contributed by atoms with Crippen molar-refractivity contribution in [2.75, 3.05) is 11.1 Å². The number of fused-ring (bicyclic) bond motifs is 3. The summed E-state index contributed by atoms with van der Waals surface area (Å²) in [5.41, 5.74) is 10.7. The van der Waals surface area contributed by atoms with Gasteiger partial charge in [-0.25, -0.2) is 0 Å². The maximum atomic E-state index is 5.96. The molecule has 0 radical (unpaired) electrons. The lowest BCUT2D eigenvalue weighted by molar-refractivity contribution is 0.426. The molecule has 0 amide bonds. The van der Waals surface area contributed by atoms with Gasteiger partial charge < -0.3 is 11.1 Å². The summed E-state index contributed by atoms with van der Waals surface area (Å²) in [6.07, 6.45) is 5.79. The van der Waals surface area contributed by atoms with Crippen molar-refractivity contribution in [1.82, 2.24) is 0 Å². The molecule has 2 aromatic rings. The lowest BCUT2D eigenvalue weighted by Gasteiger charge is -2.37. The molecule has 1 heterocycles. The molecule has 0 saturated heterocycles. The van der Waals surface area contributed by atoms with Crippen LogP contribution in [0, 0.1) is 5.92 Å². The van der Waals surface area contributed by atoms with Gasteiger partial charge >= 0.3 is 0 Å². The molecule has 0 saturated carbocycles. The molecule has 2 heteroatoms. The standard InChI is InChI=1S/C18H18N2/c19-13-9-10-17-16(11-13)14-7-4-8-15(14)18(20-17)12-5-2-1-3-6-12/h1-7,9-11,14-15,18,20H,8,19H2. The van der Waals surface area contributed by atoms with Crippen LogP contribution in [0.3, 0.4) is 0 Å². The van der Waals surface area contributed by atoms with E-state index < -0.39 is 0 Å². The maximum absolute atomic E-state index is 5.96. The van der Waals surface area contributed by atoms with Gasteiger partial charge in [0.1, 0.15) is 0 Å². The smallest absolute Gasteiger partial charge is 0.0553 e. The Kier molecular flexibility index (Phi) is 2.56. The van der Waals surface area contributed by atoms with Crippen molar-refractivity contribution < 1.29 is 0 Å². The Balaban J connectivity index is 1.80. The van der Waals surface area contributed by atoms with Crippen LogP contribution in [0.2, 0.25) is 0 Å². The van der Waals surface area contributed by atoms with Gasteiger partial charge in [0.2, 0.25) is 0 Å². The van der Waals surface area contributed by atoms with Gasteiger partial charge in [-0.3, -0.25) is 0 Å². The molecule has 2 nitrogen and oxygen atoms in total. The summed E-state index contributed by atoms with van der Waals surface area (Å²) in [5.74, 6) is 1.08. The molecule has 0 bridgehead atoms. The first-order chi connectivity index (χ1) is 9.83. The first-order valence-electron chi connectivity index (χ1n) is 7.20. The zero-order valence-electron chi connectivity index (χ0n) is 11.3. The van der Waals surface area contributed by atoms with Gasteiger partial charge in [-0.1, -0.05) is 42.5 Å². The second-order valence-electron chi connectivity index (χ2n) is 5.73. The molecule has 100 valence electrons. The monoisotopic (exact) mass is 262 g/mol. The van der Waals surface area contributed by atoms with Crippen LogP contribution in [0.1, 0.15) is 29.5 Å². The van der Waals surface area contributed by atoms with Crippen LogP contribution < -0.4 is 11.1 Å². The molecular formula is C18H18N2. The van der Waals surface area contributed by atoms with Crippen LogP contribution in [0.4, 0.5) is 11.4 Å². The molecule has 4 rings (SSSR count). The largest absolute Gasteiger partial charge is 0.399 e. The highest BCUT2D eigenvalue weighted by molar-refractivity contribution is 5.64. The number of hydrogen-bond donors (Lipinski definition) is 2. The summed E-state index contributed by atoms with van der Waals surface area (Å²) < 4.78 is 0. The number of nitrogens with two attached hydrogens (primary N) is 1. The minimum atomic E-state index is 0.382. The molecule has 1 aliphatic heterocycles. The van der Waals surface area contributed by atoms with E-state index in [9.17, 15) is 0 Å². The SMILES string of the molecule is Nc1ccc2c(c1)C1C=CCC1C(c1ccccc1)N2. The molecule has 0 spiro atoms. The average Bonchev–Trinajstić information content (AvgIpc) is 2.97. The number of anilines is 2. The average molecular weight is 262 g/mol. The zero-order chi connectivity index (χ0) is 13.5. The van der Waals surface area contributed by atoms with Crippen molar-refractivity contribution in [3.8, 4) is 0 Å². The van der Waals surface area contributed by atoms with Gasteiger partial charge in [0, 0.05) is 17.3 Å². The van der Waals surface area contributed by atoms with E-state index in [4.69, 9.17) is 5.73 Å². The highest BCUT2D eigenvalue weighted by atomic mass is 15.0. The first-order valence-corrected chi connectivity index (χ1v) is 7.20. The van der Waals surface area contributed by atoms with Crippen LogP contribution in [-0.2, 0) is 0 Å². The Morgan fingerprint density at radius 2 is 1.90 bits per heavy atom. The predicted octanol–water partition coefficient (Wildman–Crippen LogP) is 4.10. The zero-order valence-corrected chi connectivity index (χ0v) is 11.3. The fourth-order valence-corrected chi connectivity index (χ4v) is 3.60. The fraction of sp³-hybridized carbons (Fsp3) is 0.222. The molecule has 0 aromatic heterocycles. The van der Waals surface area contributed by atoms with Gasteiger partial charge in [0.25, 0.3) is 0 Å². The summed E-state index contributed by atoms with van der Waals surface area (Å²) in [5, 5.41) is 3.72. The van der Waals surface area contributed by atoms with Crippen LogP contribution in [-0.4, -0.2) is 0 Å². The van der Waals surface area contributed by atoms with E-state index in [2.05, 4.69) is 59.9 Å². The number of rotatable bonds is 1. The third-order valence-corrected chi connectivity index (χ3v) is 4.55. The number of nitrogens with one attached hydrogen (secondary N) is 1. The molecule has 2 aromatic carbocycles. The molecular weight excluding hydrogens is 244 g/mol. The predicted molar refractivity (Wildman–Crippen MR) is 83.6 cm³/mol. The van der Waals surface area contributed by atoms with Crippen molar-refractivity contribution in [3.05, 3.63) is 71.8 Å². The molecule has 3 unspecified atom stereocenters. The summed E-state index contributed by atoms with van der Waals surface area (Å²) in [7, 11) is 0. The summed E-state index contributed by atoms with van der Waals surface area (Å²) in [6, 6.07) is 17.3. The van der Waals surface area contributed by atoms with Crippen LogP contribution in [0.15, 0.2) is 60.7 Å². The Morgan fingerprint density at radius 3 is 2.75 bits per heavy atom. The lowest BCUT2D eigenvalue weighted by atomic mass is 9.77. The van der Waals surface area contributed by atoms with E-state index in [1.165, 1.54) is 16.8 Å². The third-order valence-electron chi connectivity index (χ3n) is 4.55. The van der Waals surface area contributed by atoms with Crippen LogP contribution >= 0.6 is 0 Å². The highest BCUT2D eigenvalue weighted by Gasteiger charge is 2.37. The van der Waals surface area contributed by atoms with Crippen molar-refractivity contribution >= 4 is 11.4 Å². The molecule has 1 aliphatic carbocycles. The van der Waals surface area contributed by atoms with E-state index >= 15 is 0 Å². The van der Waals surface area contributed by atoms with Gasteiger partial charge in [-0.2, -0.15) is 0 Å². The molecule has 3 atom stereocenters. The topological polar surface area (TPSA) is 38.0 Å². The van der Waals surface area contributed by atoms with E-state index in [0.717, 1.165) is 12.1 Å². The number of nitrogen functional groups attached to an aromatic ring is 1. The number of benzene rings is 2. The van der Waals surface area contributed by atoms with Gasteiger partial charge in [0.15, 0.2) is 0 Å². The summed E-state index contributed by atoms with van der Waals surface area (Å²) >= 11 is 0. The Bertz CT molecular complexity index is 660. The Labute approximate surface area is 119 Å². The van der Waals surface area contributed by atoms with Crippen molar-refractivity contribution in [2.24, 2.45) is 5.92 Å². The lowest BCUT2D eigenvalue weighted by Crippen LogP contribution is -2.29. The Hall–Kier alpha value is -2.22. The molecule has 0 fully saturated rings. The van der Waals surface area contributed by atoms with Crippen LogP contribution in [0.5, 0.6) is 0 Å². The second kappa shape index (κ2) is 4.41. The quantitative estimate of drug-likeness (QED) is 0.600. The van der Waals surface area contributed by atoms with E-state index in [1.54, 1.807) is 0 Å². The maximum Gasteiger partial charge on any atom is 0.0553 e. The normalized spacial score (nSPS) is 26.7. The van der Waals surface area contributed by atoms with E-state index in [1.807, 2.05) is 6.07 Å². The highest BCUT2D eigenvalue weighted by Crippen LogP contribution is 2.49. The van der Waals surface area contributed by atoms with Crippen molar-refractivity contribution in [3.63, 3.8) is 0 Å². The molecule has 20 heavy (non-hydrogen) atoms. The first kappa shape index (κ1) is 11.6. The minimum Gasteiger partial charge on any atom is -0.399 e. The fourth-order valence-electron chi connectivity index (χ4n) is 3.60. The van der Waals surface area contributed by atoms with Gasteiger partial charge in [0.05, 0.1) is 6.04 Å². The van der Waals surface area contributed by atoms with Crippen molar-refractivity contribution in [2.45, 2.75) is 18.4 Å². The van der Waals surface area contributed by atoms with Crippen molar-refractivity contribution in [1.29, 1.82) is 0 Å². The van der Waals surface area contributed by atoms with Crippen LogP contribution in [0.25, 0.3) is 0 Å². The second-order valence-corrected chi connectivity index (χ2v) is 5.73. The van der Waals surface area contributed by atoms with E-state index in [0.29, 0.717) is 17.9 Å². The number of hydrogen-bond acceptors (Lipinski definition) is 2. The molecule has 3 N–H and O–H groups in total. The van der Waals surface area contributed by atoms with E-state index in [-0.39, 0.29) is 0 Å². The summed E-state index contributed by atoms with van der Waals surface area (Å²) in [6.45, 7) is 0. The Morgan fingerprint density at radius 1 is 1.05 bits per heavy atom. The third kappa shape index (κ3) is 1.72. The minimum absolute atomic E-state index is 0.382. The van der Waals surface area contributed by atoms with Gasteiger partial charge in [-0.05, 0) is 41.7 Å². The number of allylic oxidation sites excluding steroid dienone is 2.